The Balaban J connectivity index is 1.86. The number of carbonyl (C=O) groups is 1. The van der Waals surface area contributed by atoms with Gasteiger partial charge in [-0.25, -0.2) is 17.9 Å². The molecule has 136 valence electrons. The Morgan fingerprint density at radius 3 is 2.35 bits per heavy atom. The molecule has 2 aromatic carbocycles. The Morgan fingerprint density at radius 2 is 1.77 bits per heavy atom. The van der Waals surface area contributed by atoms with Crippen molar-refractivity contribution in [3.8, 4) is 11.8 Å². The SMILES string of the molecule is COC(=O)COc1ccc(CCNS(=O)(=O)c2ccc(C#N)cc2)cc1. The van der Waals surface area contributed by atoms with E-state index in [1.807, 2.05) is 6.07 Å². The number of rotatable bonds is 8. The van der Waals surface area contributed by atoms with E-state index in [-0.39, 0.29) is 18.0 Å². The molecule has 0 spiro atoms. The van der Waals surface area contributed by atoms with Gasteiger partial charge in [-0.1, -0.05) is 12.1 Å². The normalized spacial score (nSPS) is 10.8. The van der Waals surface area contributed by atoms with E-state index in [0.717, 1.165) is 5.56 Å². The van der Waals surface area contributed by atoms with Gasteiger partial charge in [-0.3, -0.25) is 0 Å². The third-order valence-electron chi connectivity index (χ3n) is 3.51. The van der Waals surface area contributed by atoms with Crippen LogP contribution in [0.2, 0.25) is 0 Å². The van der Waals surface area contributed by atoms with Gasteiger partial charge in [-0.15, -0.1) is 0 Å². The summed E-state index contributed by atoms with van der Waals surface area (Å²) < 4.78 is 36.6. The number of sulfonamides is 1. The van der Waals surface area contributed by atoms with Gasteiger partial charge in [0.05, 0.1) is 23.6 Å². The summed E-state index contributed by atoms with van der Waals surface area (Å²) in [5.74, 6) is 0.0589. The number of nitrogens with one attached hydrogen (secondary N) is 1. The maximum Gasteiger partial charge on any atom is 0.343 e. The van der Waals surface area contributed by atoms with Gasteiger partial charge in [-0.05, 0) is 48.4 Å². The predicted molar refractivity (Wildman–Crippen MR) is 94.0 cm³/mol. The average molecular weight is 374 g/mol. The highest BCUT2D eigenvalue weighted by Gasteiger charge is 2.13. The zero-order valence-electron chi connectivity index (χ0n) is 14.1. The van der Waals surface area contributed by atoms with Crippen molar-refractivity contribution in [3.05, 3.63) is 59.7 Å². The van der Waals surface area contributed by atoms with Crippen LogP contribution in [0.3, 0.4) is 0 Å². The fourth-order valence-electron chi connectivity index (χ4n) is 2.08. The fraction of sp³-hybridized carbons (Fsp3) is 0.222. The fourth-order valence-corrected chi connectivity index (χ4v) is 3.11. The molecule has 26 heavy (non-hydrogen) atoms. The Kier molecular flexibility index (Phi) is 6.72. The van der Waals surface area contributed by atoms with Crippen molar-refractivity contribution in [2.75, 3.05) is 20.3 Å². The van der Waals surface area contributed by atoms with Crippen LogP contribution in [0.5, 0.6) is 5.75 Å². The molecule has 0 aromatic heterocycles. The van der Waals surface area contributed by atoms with E-state index >= 15 is 0 Å². The highest BCUT2D eigenvalue weighted by molar-refractivity contribution is 7.89. The minimum Gasteiger partial charge on any atom is -0.482 e. The van der Waals surface area contributed by atoms with Crippen LogP contribution in [-0.2, 0) is 26.0 Å². The quantitative estimate of drug-likeness (QED) is 0.704. The van der Waals surface area contributed by atoms with E-state index < -0.39 is 16.0 Å². The minimum atomic E-state index is -3.62. The zero-order valence-corrected chi connectivity index (χ0v) is 15.0. The first-order valence-corrected chi connectivity index (χ1v) is 9.21. The third-order valence-corrected chi connectivity index (χ3v) is 4.98. The minimum absolute atomic E-state index is 0.114. The van der Waals surface area contributed by atoms with Crippen molar-refractivity contribution in [2.24, 2.45) is 0 Å². The first-order chi connectivity index (χ1) is 12.4. The van der Waals surface area contributed by atoms with E-state index in [0.29, 0.717) is 17.7 Å². The third kappa shape index (κ3) is 5.58. The summed E-state index contributed by atoms with van der Waals surface area (Å²) in [5.41, 5.74) is 1.32. The van der Waals surface area contributed by atoms with E-state index in [1.165, 1.54) is 31.4 Å². The lowest BCUT2D eigenvalue weighted by atomic mass is 10.1. The number of hydrogen-bond donors (Lipinski definition) is 1. The molecule has 0 aliphatic rings. The van der Waals surface area contributed by atoms with E-state index in [2.05, 4.69) is 9.46 Å². The highest BCUT2D eigenvalue weighted by Crippen LogP contribution is 2.13. The smallest absolute Gasteiger partial charge is 0.343 e. The van der Waals surface area contributed by atoms with Crippen LogP contribution < -0.4 is 9.46 Å². The van der Waals surface area contributed by atoms with Crippen LogP contribution in [0, 0.1) is 11.3 Å². The average Bonchev–Trinajstić information content (AvgIpc) is 2.67. The molecule has 0 heterocycles. The van der Waals surface area contributed by atoms with Crippen LogP contribution in [0.1, 0.15) is 11.1 Å². The molecule has 0 saturated heterocycles. The largest absolute Gasteiger partial charge is 0.482 e. The van der Waals surface area contributed by atoms with Crippen LogP contribution in [0.4, 0.5) is 0 Å². The molecule has 0 radical (unpaired) electrons. The van der Waals surface area contributed by atoms with Gasteiger partial charge in [-0.2, -0.15) is 5.26 Å². The van der Waals surface area contributed by atoms with E-state index in [1.54, 1.807) is 24.3 Å². The van der Waals surface area contributed by atoms with Gasteiger partial charge in [0, 0.05) is 6.54 Å². The Bertz CT molecular complexity index is 885. The maximum atomic E-state index is 12.2. The standard InChI is InChI=1S/C18H18N2O5S/c1-24-18(21)13-25-16-6-2-14(3-7-16)10-11-20-26(22,23)17-8-4-15(12-19)5-9-17/h2-9,20H,10-11,13H2,1H3. The first kappa shape index (κ1) is 19.4. The molecule has 7 nitrogen and oxygen atoms in total. The number of ether oxygens (including phenoxy) is 2. The molecule has 0 aliphatic carbocycles. The molecule has 0 atom stereocenters. The molecule has 0 fully saturated rings. The summed E-state index contributed by atoms with van der Waals surface area (Å²) in [5, 5.41) is 8.74. The second kappa shape index (κ2) is 8.99. The van der Waals surface area contributed by atoms with Crippen molar-refractivity contribution in [2.45, 2.75) is 11.3 Å². The molecule has 1 N–H and O–H groups in total. The summed E-state index contributed by atoms with van der Waals surface area (Å²) in [6, 6.07) is 14.6. The molecule has 0 bridgehead atoms. The van der Waals surface area contributed by atoms with Gasteiger partial charge in [0.25, 0.3) is 0 Å². The summed E-state index contributed by atoms with van der Waals surface area (Å²) in [7, 11) is -2.33. The monoisotopic (exact) mass is 374 g/mol. The number of benzene rings is 2. The van der Waals surface area contributed by atoms with Crippen molar-refractivity contribution in [1.29, 1.82) is 5.26 Å². The lowest BCUT2D eigenvalue weighted by Crippen LogP contribution is -2.26. The summed E-state index contributed by atoms with van der Waals surface area (Å²) in [6.07, 6.45) is 0.493. The molecular weight excluding hydrogens is 356 g/mol. The Labute approximate surface area is 152 Å². The van der Waals surface area contributed by atoms with Gasteiger partial charge in [0.15, 0.2) is 6.61 Å². The number of methoxy groups -OCH3 is 1. The summed E-state index contributed by atoms with van der Waals surface area (Å²) in [6.45, 7) is 0.0605. The second-order valence-electron chi connectivity index (χ2n) is 5.29. The molecule has 0 amide bonds. The summed E-state index contributed by atoms with van der Waals surface area (Å²) in [4.78, 5) is 11.1. The lowest BCUT2D eigenvalue weighted by molar-refractivity contribution is -0.142. The molecule has 0 aliphatic heterocycles. The van der Waals surface area contributed by atoms with Crippen molar-refractivity contribution >= 4 is 16.0 Å². The molecule has 2 rings (SSSR count). The Hall–Kier alpha value is -2.89. The molecule has 0 unspecified atom stereocenters. The number of nitriles is 1. The van der Waals surface area contributed by atoms with Crippen LogP contribution in [0.15, 0.2) is 53.4 Å². The van der Waals surface area contributed by atoms with Crippen molar-refractivity contribution < 1.29 is 22.7 Å². The molecular formula is C18H18N2O5S. The Morgan fingerprint density at radius 1 is 1.12 bits per heavy atom. The van der Waals surface area contributed by atoms with Gasteiger partial charge < -0.3 is 9.47 Å². The van der Waals surface area contributed by atoms with E-state index in [9.17, 15) is 13.2 Å². The van der Waals surface area contributed by atoms with Crippen molar-refractivity contribution in [3.63, 3.8) is 0 Å². The van der Waals surface area contributed by atoms with Gasteiger partial charge in [0.2, 0.25) is 10.0 Å². The molecule has 2 aromatic rings. The first-order valence-electron chi connectivity index (χ1n) is 7.73. The predicted octanol–water partition coefficient (Wildman–Crippen LogP) is 1.63. The van der Waals surface area contributed by atoms with Crippen LogP contribution >= 0.6 is 0 Å². The molecule has 8 heteroatoms. The van der Waals surface area contributed by atoms with Gasteiger partial charge in [0.1, 0.15) is 5.75 Å². The van der Waals surface area contributed by atoms with E-state index in [4.69, 9.17) is 10.00 Å². The van der Waals surface area contributed by atoms with Crippen molar-refractivity contribution in [1.82, 2.24) is 4.72 Å². The van der Waals surface area contributed by atoms with Gasteiger partial charge >= 0.3 is 5.97 Å². The number of nitrogens with zero attached hydrogens (tertiary/aromatic N) is 1. The zero-order chi connectivity index (χ0) is 19.0. The second-order valence-corrected chi connectivity index (χ2v) is 7.06. The molecule has 0 saturated carbocycles. The van der Waals surface area contributed by atoms with Crippen LogP contribution in [-0.4, -0.2) is 34.6 Å². The maximum absolute atomic E-state index is 12.2. The van der Waals surface area contributed by atoms with Crippen LogP contribution in [0.25, 0.3) is 0 Å². The number of hydrogen-bond acceptors (Lipinski definition) is 6. The summed E-state index contributed by atoms with van der Waals surface area (Å²) >= 11 is 0. The lowest BCUT2D eigenvalue weighted by Gasteiger charge is -2.08. The number of carbonyl (C=O) groups excluding carboxylic acids is 1. The highest BCUT2D eigenvalue weighted by atomic mass is 32.2. The topological polar surface area (TPSA) is 105 Å². The number of esters is 1.